The molecule has 0 unspecified atom stereocenters. The summed E-state index contributed by atoms with van der Waals surface area (Å²) in [7, 11) is 0. The van der Waals surface area contributed by atoms with Gasteiger partial charge < -0.3 is 0 Å². The van der Waals surface area contributed by atoms with E-state index in [1.807, 2.05) is 10.9 Å². The van der Waals surface area contributed by atoms with E-state index < -0.39 is 0 Å². The Morgan fingerprint density at radius 2 is 2.06 bits per heavy atom. The van der Waals surface area contributed by atoms with Crippen LogP contribution < -0.4 is 0 Å². The molecule has 1 fully saturated rings. The Kier molecular flexibility index (Phi) is 2.96. The number of rotatable bonds is 3. The second kappa shape index (κ2) is 4.37. The molecule has 0 N–H and O–H groups in total. The molecular formula is C11H9Cl3N4. The highest BCUT2D eigenvalue weighted by Crippen LogP contribution is 2.43. The molecule has 1 aliphatic carbocycles. The summed E-state index contributed by atoms with van der Waals surface area (Å²) >= 11 is 18.1. The Balaban J connectivity index is 1.90. The van der Waals surface area contributed by atoms with E-state index in [2.05, 4.69) is 15.1 Å². The van der Waals surface area contributed by atoms with Gasteiger partial charge in [-0.3, -0.25) is 4.68 Å². The van der Waals surface area contributed by atoms with E-state index in [4.69, 9.17) is 34.8 Å². The van der Waals surface area contributed by atoms with E-state index in [9.17, 15) is 0 Å². The van der Waals surface area contributed by atoms with Crippen molar-refractivity contribution < 1.29 is 0 Å². The fraction of sp³-hybridized carbons (Fsp3) is 0.364. The summed E-state index contributed by atoms with van der Waals surface area (Å²) in [5.74, 6) is 0. The zero-order valence-electron chi connectivity index (χ0n) is 9.28. The van der Waals surface area contributed by atoms with Crippen LogP contribution in [0.2, 0.25) is 10.3 Å². The summed E-state index contributed by atoms with van der Waals surface area (Å²) in [6.45, 7) is 0.699. The highest BCUT2D eigenvalue weighted by Gasteiger charge is 2.41. The molecule has 0 aromatic carbocycles. The quantitative estimate of drug-likeness (QED) is 0.644. The minimum atomic E-state index is -0.115. The minimum absolute atomic E-state index is 0.115. The maximum atomic E-state index is 6.26. The normalized spacial score (nSPS) is 16.8. The molecule has 2 heterocycles. The van der Waals surface area contributed by atoms with E-state index in [1.165, 1.54) is 6.20 Å². The average molecular weight is 304 g/mol. The third-order valence-corrected chi connectivity index (χ3v) is 3.82. The van der Waals surface area contributed by atoms with Crippen molar-refractivity contribution in [2.75, 3.05) is 0 Å². The number of aromatic nitrogens is 4. The highest BCUT2D eigenvalue weighted by molar-refractivity contribution is 6.33. The van der Waals surface area contributed by atoms with Gasteiger partial charge in [-0.25, -0.2) is 9.97 Å². The van der Waals surface area contributed by atoms with Gasteiger partial charge in [0.05, 0.1) is 34.5 Å². The van der Waals surface area contributed by atoms with Crippen molar-refractivity contribution in [3.05, 3.63) is 28.9 Å². The zero-order chi connectivity index (χ0) is 12.8. The molecule has 2 aromatic heterocycles. The van der Waals surface area contributed by atoms with Gasteiger partial charge in [-0.05, 0) is 24.4 Å². The van der Waals surface area contributed by atoms with E-state index >= 15 is 0 Å². The van der Waals surface area contributed by atoms with Gasteiger partial charge in [0.1, 0.15) is 0 Å². The third-order valence-electron chi connectivity index (χ3n) is 2.86. The molecule has 0 atom stereocenters. The number of halogens is 3. The molecular weight excluding hydrogens is 295 g/mol. The van der Waals surface area contributed by atoms with Gasteiger partial charge in [-0.2, -0.15) is 5.10 Å². The van der Waals surface area contributed by atoms with E-state index in [-0.39, 0.29) is 10.2 Å². The van der Waals surface area contributed by atoms with Crippen LogP contribution in [0.5, 0.6) is 0 Å². The molecule has 18 heavy (non-hydrogen) atoms. The maximum Gasteiger partial charge on any atom is 0.222 e. The van der Waals surface area contributed by atoms with Crippen LogP contribution in [-0.4, -0.2) is 24.6 Å². The number of alkyl halides is 1. The summed E-state index contributed by atoms with van der Waals surface area (Å²) in [6.07, 6.45) is 7.11. The predicted octanol–water partition coefficient (Wildman–Crippen LogP) is 3.42. The SMILES string of the molecule is Clc1ncc(Cl)c(-c2cnn(CC3(Cl)CC3)c2)n1. The zero-order valence-corrected chi connectivity index (χ0v) is 11.5. The first-order chi connectivity index (χ1) is 8.56. The van der Waals surface area contributed by atoms with Crippen LogP contribution >= 0.6 is 34.8 Å². The first-order valence-electron chi connectivity index (χ1n) is 5.46. The molecule has 0 aliphatic heterocycles. The lowest BCUT2D eigenvalue weighted by atomic mass is 10.2. The monoisotopic (exact) mass is 302 g/mol. The molecule has 0 saturated heterocycles. The second-order valence-corrected chi connectivity index (χ2v) is 5.96. The molecule has 7 heteroatoms. The van der Waals surface area contributed by atoms with Crippen molar-refractivity contribution in [1.29, 1.82) is 0 Å². The smallest absolute Gasteiger partial charge is 0.222 e. The highest BCUT2D eigenvalue weighted by atomic mass is 35.5. The third kappa shape index (κ3) is 2.46. The topological polar surface area (TPSA) is 43.6 Å². The Morgan fingerprint density at radius 3 is 2.78 bits per heavy atom. The Morgan fingerprint density at radius 1 is 1.28 bits per heavy atom. The summed E-state index contributed by atoms with van der Waals surface area (Å²) in [5.41, 5.74) is 1.40. The minimum Gasteiger partial charge on any atom is -0.270 e. The number of nitrogens with zero attached hydrogens (tertiary/aromatic N) is 4. The molecule has 94 valence electrons. The van der Waals surface area contributed by atoms with Gasteiger partial charge in [-0.15, -0.1) is 11.6 Å². The largest absolute Gasteiger partial charge is 0.270 e. The first kappa shape index (κ1) is 12.2. The molecule has 1 saturated carbocycles. The molecule has 3 rings (SSSR count). The van der Waals surface area contributed by atoms with Crippen molar-refractivity contribution in [2.45, 2.75) is 24.3 Å². The van der Waals surface area contributed by atoms with E-state index in [0.717, 1.165) is 18.4 Å². The predicted molar refractivity (Wildman–Crippen MR) is 71.1 cm³/mol. The van der Waals surface area contributed by atoms with Gasteiger partial charge in [0, 0.05) is 11.8 Å². The van der Waals surface area contributed by atoms with Gasteiger partial charge in [0.25, 0.3) is 0 Å². The molecule has 4 nitrogen and oxygen atoms in total. The van der Waals surface area contributed by atoms with Crippen LogP contribution in [0.4, 0.5) is 0 Å². The molecule has 0 spiro atoms. The Bertz CT molecular complexity index is 592. The summed E-state index contributed by atoms with van der Waals surface area (Å²) in [5, 5.41) is 4.87. The lowest BCUT2D eigenvalue weighted by Crippen LogP contribution is -2.11. The van der Waals surface area contributed by atoms with Gasteiger partial charge in [0.15, 0.2) is 0 Å². The van der Waals surface area contributed by atoms with E-state index in [1.54, 1.807) is 6.20 Å². The maximum absolute atomic E-state index is 6.26. The van der Waals surface area contributed by atoms with Crippen molar-refractivity contribution in [3.63, 3.8) is 0 Å². The molecule has 1 aliphatic rings. The Labute approximate surface area is 119 Å². The van der Waals surface area contributed by atoms with Crippen molar-refractivity contribution in [1.82, 2.24) is 19.7 Å². The molecule has 0 amide bonds. The molecule has 0 bridgehead atoms. The second-order valence-electron chi connectivity index (χ2n) is 4.41. The van der Waals surface area contributed by atoms with Crippen molar-refractivity contribution >= 4 is 34.8 Å². The first-order valence-corrected chi connectivity index (χ1v) is 6.59. The fourth-order valence-corrected chi connectivity index (χ4v) is 2.25. The average Bonchev–Trinajstić information content (AvgIpc) is 2.88. The van der Waals surface area contributed by atoms with Crippen LogP contribution in [0.1, 0.15) is 12.8 Å². The van der Waals surface area contributed by atoms with Gasteiger partial charge in [0.2, 0.25) is 5.28 Å². The van der Waals surface area contributed by atoms with Crippen LogP contribution in [0.3, 0.4) is 0 Å². The van der Waals surface area contributed by atoms with Crippen LogP contribution in [-0.2, 0) is 6.54 Å². The van der Waals surface area contributed by atoms with Crippen LogP contribution in [0.25, 0.3) is 11.3 Å². The van der Waals surface area contributed by atoms with Crippen LogP contribution in [0.15, 0.2) is 18.6 Å². The van der Waals surface area contributed by atoms with Crippen LogP contribution in [0, 0.1) is 0 Å². The summed E-state index contributed by atoms with van der Waals surface area (Å²) in [4.78, 5) is 7.80. The lowest BCUT2D eigenvalue weighted by molar-refractivity contribution is 0.583. The summed E-state index contributed by atoms with van der Waals surface area (Å²) < 4.78 is 1.81. The van der Waals surface area contributed by atoms with E-state index in [0.29, 0.717) is 17.3 Å². The Hall–Kier alpha value is -0.840. The molecule has 0 radical (unpaired) electrons. The lowest BCUT2D eigenvalue weighted by Gasteiger charge is -2.05. The fourth-order valence-electron chi connectivity index (χ4n) is 1.70. The van der Waals surface area contributed by atoms with Gasteiger partial charge in [-0.1, -0.05) is 11.6 Å². The standard InChI is InChI=1S/C11H9Cl3N4/c12-8-4-15-10(13)17-9(8)7-3-16-18(5-7)6-11(14)1-2-11/h3-5H,1-2,6H2. The molecule has 2 aromatic rings. The van der Waals surface area contributed by atoms with Crippen molar-refractivity contribution in [3.8, 4) is 11.3 Å². The summed E-state index contributed by atoms with van der Waals surface area (Å²) in [6, 6.07) is 0. The van der Waals surface area contributed by atoms with Crippen molar-refractivity contribution in [2.24, 2.45) is 0 Å². The number of hydrogen-bond acceptors (Lipinski definition) is 3. The van der Waals surface area contributed by atoms with Gasteiger partial charge >= 0.3 is 0 Å². The number of hydrogen-bond donors (Lipinski definition) is 0.